The quantitative estimate of drug-likeness (QED) is 0.379. The minimum atomic E-state index is -0.929. The number of unbranched alkanes of at least 4 members (excludes halogenated alkanes) is 2. The molecule has 6 nitrogen and oxygen atoms in total. The molecule has 0 aromatic heterocycles. The van der Waals surface area contributed by atoms with Gasteiger partial charge in [0.05, 0.1) is 6.10 Å². The summed E-state index contributed by atoms with van der Waals surface area (Å²) in [5.41, 5.74) is 3.96. The van der Waals surface area contributed by atoms with Crippen LogP contribution in [0.3, 0.4) is 0 Å². The average molecular weight is 486 g/mol. The molecule has 0 saturated heterocycles. The van der Waals surface area contributed by atoms with Crippen molar-refractivity contribution < 1.29 is 23.7 Å². The molecule has 1 amide bonds. The molecule has 6 heteroatoms. The molecule has 3 aromatic rings. The van der Waals surface area contributed by atoms with E-state index in [1.54, 1.807) is 0 Å². The van der Waals surface area contributed by atoms with Crippen LogP contribution >= 0.6 is 0 Å². The second-order valence-electron chi connectivity index (χ2n) is 9.95. The molecule has 0 fully saturated rings. The van der Waals surface area contributed by atoms with E-state index in [1.165, 1.54) is 0 Å². The maximum Gasteiger partial charge on any atom is 0.245 e. The molecular formula is C30H31NO5. The van der Waals surface area contributed by atoms with Gasteiger partial charge in [-0.3, -0.25) is 4.79 Å². The van der Waals surface area contributed by atoms with Gasteiger partial charge in [0.15, 0.2) is 11.5 Å². The molecule has 6 rings (SSSR count). The highest BCUT2D eigenvalue weighted by Crippen LogP contribution is 2.57. The van der Waals surface area contributed by atoms with Crippen LogP contribution in [0.1, 0.15) is 51.2 Å². The Labute approximate surface area is 211 Å². The van der Waals surface area contributed by atoms with Gasteiger partial charge in [-0.25, -0.2) is 0 Å². The summed E-state index contributed by atoms with van der Waals surface area (Å²) in [5, 5.41) is 0. The molecule has 36 heavy (non-hydrogen) atoms. The molecule has 0 radical (unpaired) electrons. The number of hydrogen-bond acceptors (Lipinski definition) is 5. The van der Waals surface area contributed by atoms with Crippen LogP contribution in [0.4, 0.5) is 5.69 Å². The Bertz CT molecular complexity index is 1320. The summed E-state index contributed by atoms with van der Waals surface area (Å²) in [6, 6.07) is 18.2. The SMILES string of the molecule is CCCCCN1C(=O)C2(COc3cc4c(cc32)OCO4)c2c(-c3ccc(OC(C)C)cc3)cccc21. The number of carbonyl (C=O) groups is 1. The molecule has 3 aliphatic rings. The predicted molar refractivity (Wildman–Crippen MR) is 138 cm³/mol. The Hall–Kier alpha value is -3.67. The monoisotopic (exact) mass is 485 g/mol. The van der Waals surface area contributed by atoms with Crippen molar-refractivity contribution in [2.45, 2.75) is 51.6 Å². The minimum absolute atomic E-state index is 0.0680. The van der Waals surface area contributed by atoms with Gasteiger partial charge >= 0.3 is 0 Å². The molecule has 3 aromatic carbocycles. The van der Waals surface area contributed by atoms with Crippen LogP contribution in [0.2, 0.25) is 0 Å². The van der Waals surface area contributed by atoms with E-state index in [0.717, 1.165) is 53.0 Å². The number of anilines is 1. The Kier molecular flexibility index (Phi) is 5.55. The van der Waals surface area contributed by atoms with Gasteiger partial charge in [0.1, 0.15) is 23.5 Å². The zero-order valence-electron chi connectivity index (χ0n) is 21.0. The fourth-order valence-electron chi connectivity index (χ4n) is 5.65. The number of amides is 1. The average Bonchev–Trinajstić information content (AvgIpc) is 3.55. The van der Waals surface area contributed by atoms with Crippen LogP contribution in [0.5, 0.6) is 23.0 Å². The predicted octanol–water partition coefficient (Wildman–Crippen LogP) is 6.08. The van der Waals surface area contributed by atoms with Gasteiger partial charge in [0, 0.05) is 29.4 Å². The Balaban J connectivity index is 1.52. The van der Waals surface area contributed by atoms with Crippen LogP contribution in [-0.4, -0.2) is 32.0 Å². The molecule has 186 valence electrons. The normalized spacial score (nSPS) is 19.1. The summed E-state index contributed by atoms with van der Waals surface area (Å²) >= 11 is 0. The Morgan fingerprint density at radius 3 is 2.50 bits per heavy atom. The van der Waals surface area contributed by atoms with Crippen LogP contribution in [0.15, 0.2) is 54.6 Å². The topological polar surface area (TPSA) is 57.2 Å². The van der Waals surface area contributed by atoms with Gasteiger partial charge in [-0.15, -0.1) is 0 Å². The first kappa shape index (κ1) is 22.8. The van der Waals surface area contributed by atoms with Crippen molar-refractivity contribution >= 4 is 11.6 Å². The van der Waals surface area contributed by atoms with Crippen LogP contribution in [0.25, 0.3) is 11.1 Å². The van der Waals surface area contributed by atoms with Crippen molar-refractivity contribution in [3.8, 4) is 34.1 Å². The second kappa shape index (κ2) is 8.77. The molecule has 1 unspecified atom stereocenters. The highest BCUT2D eigenvalue weighted by atomic mass is 16.7. The molecule has 3 aliphatic heterocycles. The summed E-state index contributed by atoms with van der Waals surface area (Å²) < 4.78 is 23.4. The first-order valence-electron chi connectivity index (χ1n) is 12.8. The smallest absolute Gasteiger partial charge is 0.245 e. The van der Waals surface area contributed by atoms with Crippen molar-refractivity contribution in [1.82, 2.24) is 0 Å². The van der Waals surface area contributed by atoms with Crippen molar-refractivity contribution in [3.05, 3.63) is 65.7 Å². The number of fused-ring (bicyclic) bond motifs is 5. The van der Waals surface area contributed by atoms with E-state index in [-0.39, 0.29) is 25.4 Å². The van der Waals surface area contributed by atoms with Crippen LogP contribution < -0.4 is 23.8 Å². The molecule has 0 saturated carbocycles. The largest absolute Gasteiger partial charge is 0.491 e. The lowest BCUT2D eigenvalue weighted by atomic mass is 9.74. The molecule has 3 heterocycles. The van der Waals surface area contributed by atoms with E-state index in [9.17, 15) is 4.79 Å². The lowest BCUT2D eigenvalue weighted by Gasteiger charge is -2.24. The fraction of sp³-hybridized carbons (Fsp3) is 0.367. The summed E-state index contributed by atoms with van der Waals surface area (Å²) in [5.74, 6) is 2.90. The third-order valence-electron chi connectivity index (χ3n) is 7.27. The zero-order valence-corrected chi connectivity index (χ0v) is 21.0. The molecular weight excluding hydrogens is 454 g/mol. The highest BCUT2D eigenvalue weighted by molar-refractivity contribution is 6.13. The Morgan fingerprint density at radius 2 is 1.75 bits per heavy atom. The van der Waals surface area contributed by atoms with E-state index in [1.807, 2.05) is 49.1 Å². The molecule has 0 bridgehead atoms. The first-order valence-corrected chi connectivity index (χ1v) is 12.8. The molecule has 1 atom stereocenters. The number of hydrogen-bond donors (Lipinski definition) is 0. The van der Waals surface area contributed by atoms with Crippen molar-refractivity contribution in [2.75, 3.05) is 24.8 Å². The van der Waals surface area contributed by atoms with E-state index < -0.39 is 5.41 Å². The molecule has 1 spiro atoms. The van der Waals surface area contributed by atoms with E-state index in [2.05, 4.69) is 31.2 Å². The van der Waals surface area contributed by atoms with Gasteiger partial charge in [0.25, 0.3) is 0 Å². The number of rotatable bonds is 7. The van der Waals surface area contributed by atoms with E-state index >= 15 is 0 Å². The zero-order chi connectivity index (χ0) is 24.9. The lowest BCUT2D eigenvalue weighted by Crippen LogP contribution is -2.43. The molecule has 0 N–H and O–H groups in total. The van der Waals surface area contributed by atoms with E-state index in [4.69, 9.17) is 18.9 Å². The third kappa shape index (κ3) is 3.42. The summed E-state index contributed by atoms with van der Waals surface area (Å²) in [4.78, 5) is 16.3. The van der Waals surface area contributed by atoms with Crippen molar-refractivity contribution in [3.63, 3.8) is 0 Å². The Morgan fingerprint density at radius 1 is 0.972 bits per heavy atom. The number of nitrogens with zero attached hydrogens (tertiary/aromatic N) is 1. The van der Waals surface area contributed by atoms with Crippen LogP contribution in [0, 0.1) is 0 Å². The summed E-state index contributed by atoms with van der Waals surface area (Å²) in [7, 11) is 0. The van der Waals surface area contributed by atoms with Crippen molar-refractivity contribution in [1.29, 1.82) is 0 Å². The second-order valence-corrected chi connectivity index (χ2v) is 9.95. The summed E-state index contributed by atoms with van der Waals surface area (Å²) in [6.45, 7) is 7.33. The van der Waals surface area contributed by atoms with Gasteiger partial charge in [-0.1, -0.05) is 44.0 Å². The van der Waals surface area contributed by atoms with Crippen molar-refractivity contribution in [2.24, 2.45) is 0 Å². The lowest BCUT2D eigenvalue weighted by molar-refractivity contribution is -0.122. The fourth-order valence-corrected chi connectivity index (χ4v) is 5.65. The molecule has 0 aliphatic carbocycles. The van der Waals surface area contributed by atoms with E-state index in [0.29, 0.717) is 23.8 Å². The maximum atomic E-state index is 14.4. The third-order valence-corrected chi connectivity index (χ3v) is 7.27. The highest BCUT2D eigenvalue weighted by Gasteiger charge is 2.58. The minimum Gasteiger partial charge on any atom is -0.491 e. The van der Waals surface area contributed by atoms with Gasteiger partial charge in [-0.2, -0.15) is 0 Å². The van der Waals surface area contributed by atoms with Crippen LogP contribution in [-0.2, 0) is 10.2 Å². The number of carbonyl (C=O) groups excluding carboxylic acids is 1. The summed E-state index contributed by atoms with van der Waals surface area (Å²) in [6.07, 6.45) is 3.24. The van der Waals surface area contributed by atoms with Gasteiger partial charge < -0.3 is 23.8 Å². The standard InChI is InChI=1S/C30H31NO5/c1-4-5-6-14-31-24-9-7-8-22(20-10-12-21(13-11-20)36-19(2)3)28(24)30(29(31)32)17-33-25-16-27-26(15-23(25)30)34-18-35-27/h7-13,15-16,19H,4-6,14,17-18H2,1-3H3. The maximum absolute atomic E-state index is 14.4. The number of ether oxygens (including phenoxy) is 4. The number of benzene rings is 3. The van der Waals surface area contributed by atoms with Gasteiger partial charge in [0.2, 0.25) is 12.7 Å². The van der Waals surface area contributed by atoms with Gasteiger partial charge in [-0.05, 0) is 55.7 Å². The first-order chi connectivity index (χ1) is 17.5.